The highest BCUT2D eigenvalue weighted by molar-refractivity contribution is 5.96. The maximum absolute atomic E-state index is 12.5. The number of carbonyl (C=O) groups excluding carboxylic acids is 2. The minimum absolute atomic E-state index is 0.152. The topological polar surface area (TPSA) is 65.1 Å². The monoisotopic (exact) mass is 403 g/mol. The van der Waals surface area contributed by atoms with E-state index in [4.69, 9.17) is 14.2 Å². The number of piperidine rings is 1. The molecule has 1 aromatic rings. The Hall–Kier alpha value is -1.76. The summed E-state index contributed by atoms with van der Waals surface area (Å²) < 4.78 is 16.5. The third-order valence-electron chi connectivity index (χ3n) is 5.68. The molecule has 0 saturated carbocycles. The fraction of sp³-hybridized carbons (Fsp3) is 0.652. The van der Waals surface area contributed by atoms with E-state index in [1.165, 1.54) is 5.56 Å². The number of rotatable bonds is 10. The van der Waals surface area contributed by atoms with Crippen LogP contribution in [-0.2, 0) is 25.5 Å². The van der Waals surface area contributed by atoms with E-state index in [0.717, 1.165) is 57.3 Å². The zero-order valence-corrected chi connectivity index (χ0v) is 17.5. The first-order valence-electron chi connectivity index (χ1n) is 10.9. The molecule has 29 heavy (non-hydrogen) atoms. The number of ketones is 1. The van der Waals surface area contributed by atoms with Gasteiger partial charge in [-0.25, -0.2) is 0 Å². The van der Waals surface area contributed by atoms with E-state index in [1.54, 1.807) is 0 Å². The number of nitrogens with zero attached hydrogens (tertiary/aromatic N) is 1. The van der Waals surface area contributed by atoms with Gasteiger partial charge in [-0.05, 0) is 31.4 Å². The molecule has 160 valence electrons. The summed E-state index contributed by atoms with van der Waals surface area (Å²) in [6.07, 6.45) is 5.20. The lowest BCUT2D eigenvalue weighted by molar-refractivity contribution is -0.185. The summed E-state index contributed by atoms with van der Waals surface area (Å²) in [6, 6.07) is 7.98. The van der Waals surface area contributed by atoms with E-state index in [2.05, 4.69) is 11.0 Å². The fourth-order valence-electron chi connectivity index (χ4n) is 4.05. The zero-order valence-electron chi connectivity index (χ0n) is 17.5. The molecule has 0 aromatic heterocycles. The highest BCUT2D eigenvalue weighted by Crippen LogP contribution is 2.31. The van der Waals surface area contributed by atoms with Gasteiger partial charge in [-0.3, -0.25) is 14.5 Å². The molecule has 2 aliphatic heterocycles. The van der Waals surface area contributed by atoms with Crippen molar-refractivity contribution in [2.45, 2.75) is 64.2 Å². The molecule has 3 rings (SSSR count). The molecule has 0 unspecified atom stereocenters. The Kier molecular flexibility index (Phi) is 8.21. The van der Waals surface area contributed by atoms with Gasteiger partial charge in [0.1, 0.15) is 0 Å². The molecule has 2 aliphatic rings. The van der Waals surface area contributed by atoms with Gasteiger partial charge in [0.2, 0.25) is 0 Å². The van der Waals surface area contributed by atoms with Crippen LogP contribution < -0.4 is 0 Å². The second-order valence-corrected chi connectivity index (χ2v) is 7.87. The molecule has 6 heteroatoms. The normalized spacial score (nSPS) is 18.8. The van der Waals surface area contributed by atoms with Gasteiger partial charge < -0.3 is 14.2 Å². The summed E-state index contributed by atoms with van der Waals surface area (Å²) >= 11 is 0. The third-order valence-corrected chi connectivity index (χ3v) is 5.68. The van der Waals surface area contributed by atoms with Crippen molar-refractivity contribution < 1.29 is 23.8 Å². The predicted molar refractivity (Wildman–Crippen MR) is 110 cm³/mol. The molecule has 0 radical (unpaired) electrons. The van der Waals surface area contributed by atoms with Crippen LogP contribution in [0.5, 0.6) is 0 Å². The van der Waals surface area contributed by atoms with Gasteiger partial charge in [0.15, 0.2) is 11.6 Å². The van der Waals surface area contributed by atoms with Gasteiger partial charge in [0.25, 0.3) is 0 Å². The molecule has 2 saturated heterocycles. The van der Waals surface area contributed by atoms with Gasteiger partial charge in [-0.2, -0.15) is 0 Å². The number of hydrogen-bond donors (Lipinski definition) is 0. The molecule has 0 atom stereocenters. The Morgan fingerprint density at radius 3 is 2.52 bits per heavy atom. The van der Waals surface area contributed by atoms with Crippen LogP contribution in [0.15, 0.2) is 24.3 Å². The quantitative estimate of drug-likeness (QED) is 0.337. The van der Waals surface area contributed by atoms with Crippen molar-refractivity contribution in [2.75, 3.05) is 32.9 Å². The van der Waals surface area contributed by atoms with Crippen molar-refractivity contribution in [1.29, 1.82) is 0 Å². The molecule has 6 nitrogen and oxygen atoms in total. The van der Waals surface area contributed by atoms with Gasteiger partial charge in [0.05, 0.1) is 19.8 Å². The van der Waals surface area contributed by atoms with Crippen LogP contribution in [0.2, 0.25) is 0 Å². The van der Waals surface area contributed by atoms with Crippen LogP contribution in [0.3, 0.4) is 0 Å². The molecule has 1 spiro atoms. The molecule has 2 fully saturated rings. The van der Waals surface area contributed by atoms with Crippen LogP contribution in [0, 0.1) is 0 Å². The number of hydrogen-bond acceptors (Lipinski definition) is 6. The van der Waals surface area contributed by atoms with E-state index in [1.807, 2.05) is 25.1 Å². The summed E-state index contributed by atoms with van der Waals surface area (Å²) in [5.74, 6) is -0.323. The Labute approximate surface area is 173 Å². The minimum atomic E-state index is -0.346. The number of Topliss-reactive ketones (excluding diaryl/α,β-unsaturated/α-hetero) is 1. The first-order chi connectivity index (χ1) is 14.1. The number of esters is 1. The fourth-order valence-corrected chi connectivity index (χ4v) is 4.05. The summed E-state index contributed by atoms with van der Waals surface area (Å²) in [5.41, 5.74) is 1.95. The number of carbonyl (C=O) groups is 2. The van der Waals surface area contributed by atoms with E-state index in [-0.39, 0.29) is 17.5 Å². The zero-order chi connectivity index (χ0) is 20.5. The molecule has 0 aliphatic carbocycles. The summed E-state index contributed by atoms with van der Waals surface area (Å²) in [6.45, 7) is 6.37. The van der Waals surface area contributed by atoms with Crippen molar-refractivity contribution in [1.82, 2.24) is 4.90 Å². The number of benzene rings is 1. The number of likely N-dealkylation sites (tertiary alicyclic amines) is 1. The summed E-state index contributed by atoms with van der Waals surface area (Å²) in [5, 5.41) is 0. The van der Waals surface area contributed by atoms with E-state index >= 15 is 0 Å². The van der Waals surface area contributed by atoms with Crippen LogP contribution in [-0.4, -0.2) is 55.3 Å². The van der Waals surface area contributed by atoms with Gasteiger partial charge in [-0.15, -0.1) is 0 Å². The first kappa shape index (κ1) is 21.9. The average Bonchev–Trinajstić information content (AvgIpc) is 3.18. The predicted octanol–water partition coefficient (Wildman–Crippen LogP) is 3.72. The lowest BCUT2D eigenvalue weighted by atomic mass is 10.0. The number of unbranched alkanes of at least 4 members (excludes halogenated alkanes) is 2. The Morgan fingerprint density at radius 2 is 1.79 bits per heavy atom. The largest absolute Gasteiger partial charge is 0.466 e. The lowest BCUT2D eigenvalue weighted by Crippen LogP contribution is -2.44. The van der Waals surface area contributed by atoms with Gasteiger partial charge >= 0.3 is 5.97 Å². The van der Waals surface area contributed by atoms with Crippen molar-refractivity contribution in [3.8, 4) is 0 Å². The molecule has 0 amide bonds. The van der Waals surface area contributed by atoms with Crippen molar-refractivity contribution in [3.05, 3.63) is 35.4 Å². The Bertz CT molecular complexity index is 674. The minimum Gasteiger partial charge on any atom is -0.466 e. The van der Waals surface area contributed by atoms with Crippen LogP contribution in [0.4, 0.5) is 0 Å². The SMILES string of the molecule is CCOC(=O)CCCCCC(=O)c1cccc(CN2CCC3(CC2)OCCO3)c1. The smallest absolute Gasteiger partial charge is 0.305 e. The van der Waals surface area contributed by atoms with Crippen LogP contribution >= 0.6 is 0 Å². The van der Waals surface area contributed by atoms with E-state index in [9.17, 15) is 9.59 Å². The molecular formula is C23H33NO5. The molecule has 0 bridgehead atoms. The van der Waals surface area contributed by atoms with Crippen molar-refractivity contribution in [2.24, 2.45) is 0 Å². The highest BCUT2D eigenvalue weighted by Gasteiger charge is 2.39. The van der Waals surface area contributed by atoms with Crippen LogP contribution in [0.25, 0.3) is 0 Å². The maximum atomic E-state index is 12.5. The second kappa shape index (κ2) is 10.9. The van der Waals surface area contributed by atoms with Crippen molar-refractivity contribution >= 4 is 11.8 Å². The summed E-state index contributed by atoms with van der Waals surface area (Å²) in [7, 11) is 0. The average molecular weight is 404 g/mol. The third kappa shape index (κ3) is 6.63. The Morgan fingerprint density at radius 1 is 1.07 bits per heavy atom. The maximum Gasteiger partial charge on any atom is 0.305 e. The molecule has 2 heterocycles. The number of ether oxygens (including phenoxy) is 3. The second-order valence-electron chi connectivity index (χ2n) is 7.87. The van der Waals surface area contributed by atoms with Gasteiger partial charge in [0, 0.05) is 50.9 Å². The first-order valence-corrected chi connectivity index (χ1v) is 10.9. The van der Waals surface area contributed by atoms with Crippen molar-refractivity contribution in [3.63, 3.8) is 0 Å². The van der Waals surface area contributed by atoms with E-state index in [0.29, 0.717) is 32.7 Å². The highest BCUT2D eigenvalue weighted by atomic mass is 16.7. The van der Waals surface area contributed by atoms with E-state index < -0.39 is 0 Å². The lowest BCUT2D eigenvalue weighted by Gasteiger charge is -2.37. The molecule has 1 aromatic carbocycles. The van der Waals surface area contributed by atoms with Gasteiger partial charge in [-0.1, -0.05) is 24.6 Å². The van der Waals surface area contributed by atoms with Crippen LogP contribution in [0.1, 0.15) is 67.8 Å². The summed E-state index contributed by atoms with van der Waals surface area (Å²) in [4.78, 5) is 26.2. The molecule has 0 N–H and O–H groups in total. The standard InChI is InChI=1S/C23H33NO5/c1-2-27-22(26)10-5-3-4-9-21(25)20-8-6-7-19(17-20)18-24-13-11-23(12-14-24)28-15-16-29-23/h6-8,17H,2-5,9-16,18H2,1H3. The molecular weight excluding hydrogens is 370 g/mol. The Balaban J connectivity index is 1.39.